The van der Waals surface area contributed by atoms with E-state index in [2.05, 4.69) is 4.84 Å². The van der Waals surface area contributed by atoms with E-state index in [1.165, 1.54) is 0 Å². The van der Waals surface area contributed by atoms with E-state index >= 15 is 0 Å². The van der Waals surface area contributed by atoms with Crippen LogP contribution < -0.4 is 5.90 Å². The lowest BCUT2D eigenvalue weighted by atomic mass is 10.0. The largest absolute Gasteiger partial charge is 0.304 e. The lowest BCUT2D eigenvalue weighted by Gasteiger charge is -2.10. The van der Waals surface area contributed by atoms with Gasteiger partial charge in [-0.3, -0.25) is 0 Å². The van der Waals surface area contributed by atoms with Crippen molar-refractivity contribution in [2.24, 2.45) is 5.90 Å². The quantitative estimate of drug-likeness (QED) is 0.765. The maximum absolute atomic E-state index is 12.7. The zero-order valence-electron chi connectivity index (χ0n) is 8.67. The van der Waals surface area contributed by atoms with E-state index in [0.29, 0.717) is 18.6 Å². The second-order valence-corrected chi connectivity index (χ2v) is 3.69. The number of rotatable bonds is 5. The average Bonchev–Trinajstić information content (AvgIpc) is 2.12. The molecule has 2 N–H and O–H groups in total. The molecule has 0 atom stereocenters. The van der Waals surface area contributed by atoms with Crippen molar-refractivity contribution in [1.82, 2.24) is 0 Å². The van der Waals surface area contributed by atoms with E-state index in [-0.39, 0.29) is 6.42 Å². The zero-order valence-corrected chi connectivity index (χ0v) is 8.67. The Kier molecular flexibility index (Phi) is 4.17. The van der Waals surface area contributed by atoms with Crippen molar-refractivity contribution < 1.29 is 13.6 Å². The highest BCUT2D eigenvalue weighted by Crippen LogP contribution is 2.19. The maximum Gasteiger partial charge on any atom is 0.249 e. The van der Waals surface area contributed by atoms with Gasteiger partial charge in [0.1, 0.15) is 0 Å². The monoisotopic (exact) mass is 215 g/mol. The fourth-order valence-electron chi connectivity index (χ4n) is 1.43. The molecule has 0 aromatic heterocycles. The second-order valence-electron chi connectivity index (χ2n) is 3.69. The van der Waals surface area contributed by atoms with Gasteiger partial charge in [-0.2, -0.15) is 0 Å². The molecule has 0 heterocycles. The van der Waals surface area contributed by atoms with Crippen LogP contribution in [0.2, 0.25) is 0 Å². The summed E-state index contributed by atoms with van der Waals surface area (Å²) in [6.45, 7) is 1.31. The topological polar surface area (TPSA) is 35.2 Å². The summed E-state index contributed by atoms with van der Waals surface area (Å²) in [5.74, 6) is 2.23. The first-order chi connectivity index (χ1) is 7.01. The standard InChI is InChI=1S/C11H15F2NO/c1-11(12,13)8-10-4-2-3-9(7-10)5-6-15-14/h2-4,7H,5-6,8,14H2,1H3. The normalized spacial score (nSPS) is 11.7. The fourth-order valence-corrected chi connectivity index (χ4v) is 1.43. The molecule has 0 amide bonds. The van der Waals surface area contributed by atoms with Gasteiger partial charge in [-0.15, -0.1) is 0 Å². The predicted molar refractivity (Wildman–Crippen MR) is 54.6 cm³/mol. The molecule has 0 aliphatic rings. The summed E-state index contributed by atoms with van der Waals surface area (Å²) in [7, 11) is 0. The molecule has 1 aromatic rings. The van der Waals surface area contributed by atoms with Crippen LogP contribution in [0.1, 0.15) is 18.1 Å². The summed E-state index contributed by atoms with van der Waals surface area (Å²) in [6, 6.07) is 7.10. The number of nitrogens with two attached hydrogens (primary N) is 1. The molecule has 2 nitrogen and oxygen atoms in total. The first-order valence-corrected chi connectivity index (χ1v) is 4.78. The highest BCUT2D eigenvalue weighted by molar-refractivity contribution is 5.24. The summed E-state index contributed by atoms with van der Waals surface area (Å²) in [6.07, 6.45) is 0.407. The number of benzene rings is 1. The average molecular weight is 215 g/mol. The summed E-state index contributed by atoms with van der Waals surface area (Å²) < 4.78 is 25.5. The molecule has 0 bridgehead atoms. The number of hydrogen-bond donors (Lipinski definition) is 1. The molecule has 1 aromatic carbocycles. The third kappa shape index (κ3) is 4.85. The molecule has 15 heavy (non-hydrogen) atoms. The Morgan fingerprint density at radius 1 is 1.33 bits per heavy atom. The van der Waals surface area contributed by atoms with E-state index in [1.807, 2.05) is 6.07 Å². The summed E-state index contributed by atoms with van der Waals surface area (Å²) in [5.41, 5.74) is 1.60. The number of alkyl halides is 2. The van der Waals surface area contributed by atoms with Crippen molar-refractivity contribution in [2.75, 3.05) is 6.61 Å². The Hall–Kier alpha value is -1.00. The van der Waals surface area contributed by atoms with Gasteiger partial charge in [0.2, 0.25) is 5.92 Å². The van der Waals surface area contributed by atoms with E-state index in [0.717, 1.165) is 12.5 Å². The van der Waals surface area contributed by atoms with Gasteiger partial charge in [0.25, 0.3) is 0 Å². The van der Waals surface area contributed by atoms with Crippen molar-refractivity contribution in [1.29, 1.82) is 0 Å². The minimum atomic E-state index is -2.66. The van der Waals surface area contributed by atoms with Crippen molar-refractivity contribution in [3.05, 3.63) is 35.4 Å². The predicted octanol–water partition coefficient (Wildman–Crippen LogP) is 2.32. The first-order valence-electron chi connectivity index (χ1n) is 4.78. The molecule has 1 rings (SSSR count). The molecular weight excluding hydrogens is 200 g/mol. The minimum absolute atomic E-state index is 0.232. The molecule has 0 saturated carbocycles. The van der Waals surface area contributed by atoms with Gasteiger partial charge in [-0.25, -0.2) is 14.7 Å². The van der Waals surface area contributed by atoms with Gasteiger partial charge in [0.15, 0.2) is 0 Å². The zero-order chi connectivity index (χ0) is 11.3. The molecule has 0 unspecified atom stereocenters. The number of halogens is 2. The van der Waals surface area contributed by atoms with E-state index < -0.39 is 5.92 Å². The second kappa shape index (κ2) is 5.19. The highest BCUT2D eigenvalue weighted by Gasteiger charge is 2.21. The van der Waals surface area contributed by atoms with Gasteiger partial charge in [0, 0.05) is 6.42 Å². The Morgan fingerprint density at radius 2 is 2.00 bits per heavy atom. The third-order valence-corrected chi connectivity index (χ3v) is 2.01. The van der Waals surface area contributed by atoms with Crippen LogP contribution in [0.15, 0.2) is 24.3 Å². The van der Waals surface area contributed by atoms with Crippen LogP contribution in [-0.2, 0) is 17.7 Å². The SMILES string of the molecule is CC(F)(F)Cc1cccc(CCON)c1. The smallest absolute Gasteiger partial charge is 0.249 e. The van der Waals surface area contributed by atoms with Gasteiger partial charge in [-0.1, -0.05) is 24.3 Å². The Morgan fingerprint density at radius 3 is 2.60 bits per heavy atom. The Labute approximate surface area is 88.0 Å². The molecule has 0 spiro atoms. The van der Waals surface area contributed by atoms with Crippen LogP contribution in [0, 0.1) is 0 Å². The molecule has 0 aliphatic heterocycles. The Bertz CT molecular complexity index is 310. The van der Waals surface area contributed by atoms with Crippen LogP contribution >= 0.6 is 0 Å². The van der Waals surface area contributed by atoms with Crippen molar-refractivity contribution in [3.8, 4) is 0 Å². The summed E-state index contributed by atoms with van der Waals surface area (Å²) in [5, 5.41) is 0. The molecule has 0 fully saturated rings. The van der Waals surface area contributed by atoms with Crippen LogP contribution in [-0.4, -0.2) is 12.5 Å². The van der Waals surface area contributed by atoms with Crippen LogP contribution in [0.4, 0.5) is 8.78 Å². The van der Waals surface area contributed by atoms with E-state index in [1.54, 1.807) is 18.2 Å². The van der Waals surface area contributed by atoms with Crippen LogP contribution in [0.25, 0.3) is 0 Å². The third-order valence-electron chi connectivity index (χ3n) is 2.01. The molecular formula is C11H15F2NO. The molecule has 84 valence electrons. The molecule has 0 aliphatic carbocycles. The van der Waals surface area contributed by atoms with Gasteiger partial charge >= 0.3 is 0 Å². The van der Waals surface area contributed by atoms with Crippen molar-refractivity contribution >= 4 is 0 Å². The van der Waals surface area contributed by atoms with E-state index in [4.69, 9.17) is 5.90 Å². The van der Waals surface area contributed by atoms with Crippen molar-refractivity contribution in [2.45, 2.75) is 25.7 Å². The lowest BCUT2D eigenvalue weighted by molar-refractivity contribution is 0.0226. The van der Waals surface area contributed by atoms with Gasteiger partial charge in [-0.05, 0) is 24.5 Å². The minimum Gasteiger partial charge on any atom is -0.304 e. The first kappa shape index (κ1) is 12.1. The Balaban J connectivity index is 2.66. The van der Waals surface area contributed by atoms with E-state index in [9.17, 15) is 8.78 Å². The lowest BCUT2D eigenvalue weighted by Crippen LogP contribution is -2.13. The van der Waals surface area contributed by atoms with Crippen molar-refractivity contribution in [3.63, 3.8) is 0 Å². The molecule has 0 radical (unpaired) electrons. The van der Waals surface area contributed by atoms with Gasteiger partial charge < -0.3 is 4.84 Å². The summed E-state index contributed by atoms with van der Waals surface area (Å²) >= 11 is 0. The number of hydrogen-bond acceptors (Lipinski definition) is 2. The summed E-state index contributed by atoms with van der Waals surface area (Å²) in [4.78, 5) is 4.44. The van der Waals surface area contributed by atoms with Crippen LogP contribution in [0.3, 0.4) is 0 Å². The maximum atomic E-state index is 12.7. The van der Waals surface area contributed by atoms with Gasteiger partial charge in [0.05, 0.1) is 6.61 Å². The van der Waals surface area contributed by atoms with Crippen LogP contribution in [0.5, 0.6) is 0 Å². The fraction of sp³-hybridized carbons (Fsp3) is 0.455. The molecule has 4 heteroatoms. The highest BCUT2D eigenvalue weighted by atomic mass is 19.3. The molecule has 0 saturated heterocycles.